The Labute approximate surface area is 769 Å². The fraction of sp³-hybridized carbons (Fsp3) is 0.271. The van der Waals surface area contributed by atoms with Crippen molar-refractivity contribution in [2.45, 2.75) is 71.4 Å². The van der Waals surface area contributed by atoms with Gasteiger partial charge in [0.1, 0.15) is 12.5 Å². The summed E-state index contributed by atoms with van der Waals surface area (Å²) in [5.41, 5.74) is 14.9. The van der Waals surface area contributed by atoms with Gasteiger partial charge in [0.15, 0.2) is 0 Å². The van der Waals surface area contributed by atoms with Crippen molar-refractivity contribution in [1.29, 1.82) is 0 Å². The first-order valence-electron chi connectivity index (χ1n) is 39.8. The summed E-state index contributed by atoms with van der Waals surface area (Å²) in [6.07, 6.45) is 12.3. The fourth-order valence-electron chi connectivity index (χ4n) is 14.1. The molecule has 0 aliphatic carbocycles. The Kier molecular flexibility index (Phi) is 38.0. The zero-order valence-electron chi connectivity index (χ0n) is 72.1. The number of piperidine rings is 1. The van der Waals surface area contributed by atoms with E-state index in [-0.39, 0.29) is 130 Å². The molecule has 11 aromatic rings. The van der Waals surface area contributed by atoms with Gasteiger partial charge in [-0.05, 0) is 139 Å². The number of urea groups is 1. The summed E-state index contributed by atoms with van der Waals surface area (Å²) < 4.78 is 3.06. The van der Waals surface area contributed by atoms with Crippen molar-refractivity contribution >= 4 is 103 Å². The molecule has 25 nitrogen and oxygen atoms in total. The van der Waals surface area contributed by atoms with E-state index in [4.69, 9.17) is 0 Å². The number of nitrogens with zero attached hydrogens (tertiary/aromatic N) is 12. The number of likely N-dealkylation sites (N-methyl/N-ethyl adjacent to an activating group) is 3. The van der Waals surface area contributed by atoms with Gasteiger partial charge >= 0.3 is 6.03 Å². The minimum Gasteiger partial charge on any atom is -0.420 e. The van der Waals surface area contributed by atoms with E-state index < -0.39 is 0 Å². The first-order chi connectivity index (χ1) is 57.7. The van der Waals surface area contributed by atoms with Crippen molar-refractivity contribution in [3.05, 3.63) is 322 Å². The van der Waals surface area contributed by atoms with Gasteiger partial charge in [0.25, 0.3) is 28.8 Å². The standard InChI is InChI=1S/C11H12N2O2.C11H13NO.C10H10NO.2C10H11NO.C10H9NO.C9H10N2O.C9H8N2O.C9H10N2O.C6H11NO.CH3.U.Y/c1-8(14)13-7-12(2)11(15)9-5-3-4-6-10(9)13;1-12-10-7-3-2-5-9(10)6-4-8-11(12)13;1-11-7-9(12)6-8-4-2-3-5-10(8)11;1-11-7-9-5-3-2-4-8(9)6-10(11)12;2*1-11-7-6-8-4-2-3-5-9(8)10(11)12;2*1-11-6-10-8-5-3-2-4-7(8)9(11)12;1-11-6-7-4-2-3-5-8(7)10-9(11)12;1-7-5-3-2-4-6(7)8;;;/h3-6H,7H2,1-2H3;2-3,5,7H,4,6,8H2,1H3;2-6H,7H2,1H3;2*2-5H,6-7H2,1H3;2-7H,1H3;2-5,10H,6H2,1H3;2-6H,1H3;2-5H,6H2,1H3,(H,10,12);2-5H2,1H3;1H3;;/q;;-1;;;;;;;;-1;;. The van der Waals surface area contributed by atoms with Crippen molar-refractivity contribution in [2.75, 3.05) is 115 Å². The number of Topliss-reactive ketones (excluding diaryl/α,β-unsaturated/α-hetero) is 1. The second-order valence-electron chi connectivity index (χ2n) is 30.0. The number of hydrogen-bond acceptors (Lipinski definition) is 14. The number of carbonyl (C=O) groups excluding carboxylic acids is 9. The molecule has 0 saturated carbocycles. The molecule has 2 N–H and O–H groups in total. The molecule has 123 heavy (non-hydrogen) atoms. The van der Waals surface area contributed by atoms with Gasteiger partial charge in [-0.3, -0.25) is 48.1 Å². The van der Waals surface area contributed by atoms with Crippen LogP contribution in [0.15, 0.2) is 247 Å². The number of hydrogen-bond donors (Lipinski definition) is 2. The number of aromatic nitrogens is 3. The Balaban J connectivity index is 0.000000188. The van der Waals surface area contributed by atoms with Crippen LogP contribution in [0.3, 0.4) is 0 Å². The molecule has 1 saturated heterocycles. The third kappa shape index (κ3) is 26.6. The van der Waals surface area contributed by atoms with E-state index in [1.54, 1.807) is 111 Å². The molecule has 19 rings (SSSR count). The second-order valence-corrected chi connectivity index (χ2v) is 30.0. The third-order valence-electron chi connectivity index (χ3n) is 21.1. The SMILES string of the molecule is CC(=O)N1CN(C)C(=O)c2ccccc21.CN1C(=O)CCCc2ccccc21.CN1CC(=O)[CH-]c2ccccc21.CN1CCCCC1=O.CN1CCc2ccccc2C1=O.CN1CNc2ccccc2C1=O.CN1Cc2ccccc2CC1=O.CN1Cc2ccccc2NC1=O.Cn1ccc2ccccc2c1=O.Cn1cnc2ccccc2c1=O.[CH3-].[U].[Y]. The number of fused-ring (bicyclic) bond motifs is 9. The van der Waals surface area contributed by atoms with Crippen LogP contribution in [0.2, 0.25) is 0 Å². The van der Waals surface area contributed by atoms with Crippen molar-refractivity contribution in [2.24, 2.45) is 14.1 Å². The van der Waals surface area contributed by atoms with E-state index in [2.05, 4.69) is 27.8 Å². The maximum absolute atomic E-state index is 11.8. The summed E-state index contributed by atoms with van der Waals surface area (Å²) in [6, 6.07) is 71.3. The topological polar surface area (TPSA) is 264 Å². The molecular weight excluding hydrogens is 1850 g/mol. The summed E-state index contributed by atoms with van der Waals surface area (Å²) in [7, 11) is 18.1. The Bertz CT molecular complexity index is 5440. The molecule has 0 atom stereocenters. The van der Waals surface area contributed by atoms with Crippen LogP contribution in [0, 0.1) is 45.0 Å². The molecule has 8 aliphatic heterocycles. The molecule has 0 unspecified atom stereocenters. The van der Waals surface area contributed by atoms with Gasteiger partial charge in [-0.2, -0.15) is 11.6 Å². The number of amides is 9. The Hall–Kier alpha value is -11.8. The first-order valence-corrected chi connectivity index (χ1v) is 39.8. The summed E-state index contributed by atoms with van der Waals surface area (Å²) in [6.45, 7) is 6.17. The van der Waals surface area contributed by atoms with E-state index in [1.165, 1.54) is 57.0 Å². The van der Waals surface area contributed by atoms with Crippen LogP contribution in [-0.2, 0) is 103 Å². The van der Waals surface area contributed by atoms with Gasteiger partial charge in [-0.25, -0.2) is 9.78 Å². The number of pyridine rings is 1. The van der Waals surface area contributed by atoms with Gasteiger partial charge in [0, 0.05) is 207 Å². The quantitative estimate of drug-likeness (QED) is 0.134. The van der Waals surface area contributed by atoms with Crippen LogP contribution in [0.25, 0.3) is 21.7 Å². The number of aryl methyl sites for hydroxylation is 3. The van der Waals surface area contributed by atoms with Gasteiger partial charge in [-0.1, -0.05) is 151 Å². The number of likely N-dealkylation sites (tertiary alicyclic amines) is 1. The maximum atomic E-state index is 11.8. The first kappa shape index (κ1) is 98.3. The van der Waals surface area contributed by atoms with Crippen LogP contribution >= 0.6 is 0 Å². The van der Waals surface area contributed by atoms with Crippen molar-refractivity contribution in [3.63, 3.8) is 0 Å². The fourth-order valence-corrected chi connectivity index (χ4v) is 14.1. The van der Waals surface area contributed by atoms with E-state index in [0.717, 1.165) is 107 Å². The van der Waals surface area contributed by atoms with E-state index in [9.17, 15) is 52.7 Å². The average Bonchev–Trinajstić information content (AvgIpc) is 0.913. The molecule has 0 spiro atoms. The predicted octanol–water partition coefficient (Wildman–Crippen LogP) is 13.2. The molecule has 1 fully saturated rings. The van der Waals surface area contributed by atoms with Crippen molar-refractivity contribution in [3.8, 4) is 0 Å². The molecule has 0 bridgehead atoms. The van der Waals surface area contributed by atoms with Gasteiger partial charge < -0.3 is 71.2 Å². The zero-order chi connectivity index (χ0) is 86.1. The molecule has 8 aliphatic rings. The molecule has 9 amide bonds. The molecule has 10 heterocycles. The summed E-state index contributed by atoms with van der Waals surface area (Å²) in [4.78, 5) is 145. The van der Waals surface area contributed by atoms with Gasteiger partial charge in [-0.15, -0.1) is 12.5 Å². The van der Waals surface area contributed by atoms with Gasteiger partial charge in [0.2, 0.25) is 23.6 Å². The molecular formula is C96H108N14O11UY-2. The van der Waals surface area contributed by atoms with Crippen LogP contribution in [0.4, 0.5) is 33.2 Å². The van der Waals surface area contributed by atoms with E-state index >= 15 is 0 Å². The van der Waals surface area contributed by atoms with Crippen LogP contribution in [0.5, 0.6) is 0 Å². The molecule has 637 valence electrons. The number of anilines is 5. The van der Waals surface area contributed by atoms with E-state index in [0.29, 0.717) is 61.8 Å². The van der Waals surface area contributed by atoms with Crippen LogP contribution in [0.1, 0.15) is 103 Å². The monoisotopic (exact) mass is 1960 g/mol. The van der Waals surface area contributed by atoms with Crippen molar-refractivity contribution in [1.82, 2.24) is 43.5 Å². The second kappa shape index (κ2) is 47.6. The molecule has 9 aromatic carbocycles. The summed E-state index contributed by atoms with van der Waals surface area (Å²) in [5, 5.41) is 8.39. The predicted molar refractivity (Wildman–Crippen MR) is 479 cm³/mol. The zero-order valence-corrected chi connectivity index (χ0v) is 79.1. The van der Waals surface area contributed by atoms with Crippen molar-refractivity contribution < 1.29 is 107 Å². The van der Waals surface area contributed by atoms with Gasteiger partial charge in [0.05, 0.1) is 53.7 Å². The number of benzene rings is 9. The summed E-state index contributed by atoms with van der Waals surface area (Å²) in [5.74, 6) is 1.07. The smallest absolute Gasteiger partial charge is 0.321 e. The largest absolute Gasteiger partial charge is 0.420 e. The minimum atomic E-state index is -0.0539. The minimum absolute atomic E-state index is 0. The average molecular weight is 1960 g/mol. The summed E-state index contributed by atoms with van der Waals surface area (Å²) >= 11 is 0. The molecule has 2 aromatic heterocycles. The number of ketones is 1. The number of carbonyl (C=O) groups is 9. The Morgan fingerprint density at radius 3 is 1.63 bits per heavy atom. The number of nitrogens with one attached hydrogen (secondary N) is 2. The molecule has 1 radical (unpaired) electrons. The number of para-hydroxylation sites is 6. The Morgan fingerprint density at radius 2 is 0.943 bits per heavy atom. The molecule has 27 heteroatoms. The van der Waals surface area contributed by atoms with E-state index in [1.807, 2.05) is 228 Å². The normalized spacial score (nSPS) is 14.7. The third-order valence-corrected chi connectivity index (χ3v) is 21.1. The van der Waals surface area contributed by atoms with Crippen LogP contribution in [-0.4, -0.2) is 186 Å². The number of rotatable bonds is 0. The van der Waals surface area contributed by atoms with Crippen LogP contribution < -0.4 is 36.5 Å². The Morgan fingerprint density at radius 1 is 0.407 bits per heavy atom. The maximum Gasteiger partial charge on any atom is 0.321 e.